The molecule has 0 spiro atoms. The SMILES string of the molecule is O=S(=O)(O)O.O=S(=O)(O)O.O=S(=O)(O)O.O=S(=O)(O)O.O=S(=O)(O)O.O=S(=O)([O-])O.O=S(=O)([O-])O.O=S(=O)([O-])O.OC[C@H]1O[C@@](CO)([C@]2(O)O[C@H](CO)[C@@H](O)[C@H](O)[C@H]2O)[C@@H](O)[C@@H]1O.[Al+3]. The minimum Gasteiger partial charge on any atom is -0.726 e. The molecule has 2 aliphatic rings. The van der Waals surface area contributed by atoms with E-state index < -0.39 is 157 Å². The Morgan fingerprint density at radius 1 is 0.391 bits per heavy atom. The number of rotatable bonds is 4. The van der Waals surface area contributed by atoms with E-state index in [-0.39, 0.29) is 17.4 Å². The second-order valence-corrected chi connectivity index (χ2v) is 16.4. The Hall–Kier alpha value is -0.948. The van der Waals surface area contributed by atoms with Gasteiger partial charge in [-0.1, -0.05) is 0 Å². The van der Waals surface area contributed by atoms with Crippen LogP contribution in [0.2, 0.25) is 0 Å². The van der Waals surface area contributed by atoms with Crippen molar-refractivity contribution in [1.82, 2.24) is 0 Å². The van der Waals surface area contributed by atoms with Gasteiger partial charge in [0.25, 0.3) is 0 Å². The molecule has 64 heavy (non-hydrogen) atoms. The summed E-state index contributed by atoms with van der Waals surface area (Å²) >= 11 is 0. The molecule has 392 valence electrons. The van der Waals surface area contributed by atoms with E-state index >= 15 is 0 Å². The molecule has 0 aliphatic carbocycles. The van der Waals surface area contributed by atoms with E-state index in [1.807, 2.05) is 0 Å². The molecule has 9 atom stereocenters. The molecule has 0 saturated carbocycles. The van der Waals surface area contributed by atoms with E-state index in [4.69, 9.17) is 160 Å². The topological polar surface area (TPSA) is 806 Å². The first-order valence-corrected chi connectivity index (χ1v) is 23.6. The maximum absolute atomic E-state index is 10.7. The Balaban J connectivity index is -0.000000105. The van der Waals surface area contributed by atoms with Gasteiger partial charge in [-0.3, -0.25) is 59.2 Å². The van der Waals surface area contributed by atoms with E-state index in [9.17, 15) is 35.7 Å². The summed E-state index contributed by atoms with van der Waals surface area (Å²) in [6.45, 7) is -2.81. The molecule has 2 fully saturated rings. The van der Waals surface area contributed by atoms with Crippen LogP contribution in [0, 0.1) is 0 Å². The smallest absolute Gasteiger partial charge is 0.726 e. The summed E-state index contributed by atoms with van der Waals surface area (Å²) in [5.41, 5.74) is -2.53. The van der Waals surface area contributed by atoms with Gasteiger partial charge in [-0.15, -0.1) is 0 Å². The second kappa shape index (κ2) is 32.0. The first-order valence-electron chi connectivity index (χ1n) is 12.5. The van der Waals surface area contributed by atoms with Gasteiger partial charge in [-0.05, 0) is 0 Å². The first-order chi connectivity index (χ1) is 26.7. The van der Waals surface area contributed by atoms with Crippen molar-refractivity contribution in [1.29, 1.82) is 0 Å². The number of aliphatic hydroxyl groups excluding tert-OH is 8. The van der Waals surface area contributed by atoms with Crippen molar-refractivity contribution < 1.29 is 196 Å². The molecule has 22 N–H and O–H groups in total. The van der Waals surface area contributed by atoms with Crippen molar-refractivity contribution in [2.75, 3.05) is 19.8 Å². The quantitative estimate of drug-likeness (QED) is 0.0706. The van der Waals surface area contributed by atoms with Gasteiger partial charge >= 0.3 is 69.4 Å². The van der Waals surface area contributed by atoms with Crippen LogP contribution in [-0.4, -0.2) is 277 Å². The van der Waals surface area contributed by atoms with E-state index in [2.05, 4.69) is 0 Å². The summed E-state index contributed by atoms with van der Waals surface area (Å²) in [6, 6.07) is 0. The molecule has 2 rings (SSSR count). The molecule has 2 aliphatic heterocycles. The van der Waals surface area contributed by atoms with Crippen LogP contribution in [0.25, 0.3) is 0 Å². The van der Waals surface area contributed by atoms with Crippen molar-refractivity contribution >= 4 is 101 Å². The van der Waals surface area contributed by atoms with Crippen molar-refractivity contribution in [2.45, 2.75) is 54.1 Å². The van der Waals surface area contributed by atoms with Crippen molar-refractivity contribution in [3.8, 4) is 0 Å². The Morgan fingerprint density at radius 2 is 0.578 bits per heavy atom. The zero-order chi connectivity index (χ0) is 53.6. The number of hydrogen-bond donors (Lipinski definition) is 22. The van der Waals surface area contributed by atoms with Crippen molar-refractivity contribution in [3.63, 3.8) is 0 Å². The normalized spacial score (nSPS) is 26.8. The minimum atomic E-state index is -4.92. The average Bonchev–Trinajstić information content (AvgIpc) is 3.17. The number of ether oxygens (including phenoxy) is 2. The summed E-state index contributed by atoms with van der Waals surface area (Å²) in [4.78, 5) is 0. The van der Waals surface area contributed by atoms with E-state index in [1.165, 1.54) is 0 Å². The largest absolute Gasteiger partial charge is 3.00 e. The summed E-state index contributed by atoms with van der Waals surface area (Å²) in [5.74, 6) is -2.99. The van der Waals surface area contributed by atoms with Crippen LogP contribution in [0.1, 0.15) is 0 Å². The Labute approximate surface area is 368 Å². The zero-order valence-electron chi connectivity index (χ0n) is 29.4. The van der Waals surface area contributed by atoms with E-state index in [1.54, 1.807) is 0 Å². The fourth-order valence-corrected chi connectivity index (χ4v) is 3.08. The van der Waals surface area contributed by atoms with Gasteiger partial charge in [0.1, 0.15) is 42.7 Å². The molecule has 0 aromatic carbocycles. The average molecular weight is 1150 g/mol. The molecule has 0 amide bonds. The standard InChI is InChI=1S/C12H22O11.Al.8H2O4S/c13-1-4-6(16)8(18)10(20)12(21,23-4)11(3-15)9(19)7(17)5(2-14)22-11;;8*1-5(2,3)4/h4-10,13-21H,1-3H2;;8*(H2,1,2,3,4)/q;+3;;;;;;;;/p-3/t4-,5-,6-,7-,8+,9+,10-,11-,12-;;;;;;;;;/m1........./s1. The van der Waals surface area contributed by atoms with Gasteiger partial charge < -0.3 is 69.1 Å². The third-order valence-corrected chi connectivity index (χ3v) is 4.53. The zero-order valence-corrected chi connectivity index (χ0v) is 37.1. The molecular weight excluding hydrogens is 1120 g/mol. The summed E-state index contributed by atoms with van der Waals surface area (Å²) < 4.78 is 267. The summed E-state index contributed by atoms with van der Waals surface area (Å²) in [7, 11) is -38.1. The van der Waals surface area contributed by atoms with Gasteiger partial charge in [0, 0.05) is 0 Å². The third-order valence-electron chi connectivity index (χ3n) is 4.53. The first kappa shape index (κ1) is 80.1. The molecular formula is C12H35AlO43S8. The molecule has 0 unspecified atom stereocenters. The molecule has 52 heteroatoms. The fraction of sp³-hybridized carbons (Fsp3) is 1.00. The summed E-state index contributed by atoms with van der Waals surface area (Å²) in [5, 5.41) is 88.2. The summed E-state index contributed by atoms with van der Waals surface area (Å²) in [6.07, 6.45) is -12.7. The molecule has 2 saturated heterocycles. The Morgan fingerprint density at radius 3 is 0.734 bits per heavy atom. The molecule has 0 aromatic heterocycles. The van der Waals surface area contributed by atoms with Gasteiger partial charge in [0.05, 0.1) is 19.8 Å². The molecule has 0 aromatic rings. The molecule has 0 bridgehead atoms. The number of aliphatic hydroxyl groups is 9. The van der Waals surface area contributed by atoms with E-state index in [0.717, 1.165) is 0 Å². The van der Waals surface area contributed by atoms with Crippen molar-refractivity contribution in [2.24, 2.45) is 0 Å². The maximum atomic E-state index is 10.7. The predicted molar refractivity (Wildman–Crippen MR) is 182 cm³/mol. The van der Waals surface area contributed by atoms with Gasteiger partial charge in [0.2, 0.25) is 37.0 Å². The molecule has 43 nitrogen and oxygen atoms in total. The third kappa shape index (κ3) is 67.6. The molecule has 0 radical (unpaired) electrons. The second-order valence-electron chi connectivity index (χ2n) is 9.31. The Bertz CT molecular complexity index is 1760. The van der Waals surface area contributed by atoms with Gasteiger partial charge in [0.15, 0.2) is 5.60 Å². The van der Waals surface area contributed by atoms with Crippen LogP contribution in [0.5, 0.6) is 0 Å². The van der Waals surface area contributed by atoms with Crippen molar-refractivity contribution in [3.05, 3.63) is 0 Å². The van der Waals surface area contributed by atoms with Gasteiger partial charge in [-0.2, -0.15) is 42.1 Å². The number of hydrogen-bond acceptors (Lipinski definition) is 30. The van der Waals surface area contributed by atoms with Crippen LogP contribution in [0.15, 0.2) is 0 Å². The van der Waals surface area contributed by atoms with Crippen LogP contribution in [0.4, 0.5) is 0 Å². The fourth-order valence-electron chi connectivity index (χ4n) is 3.08. The maximum Gasteiger partial charge on any atom is 3.00 e. The van der Waals surface area contributed by atoms with Crippen LogP contribution >= 0.6 is 0 Å². The van der Waals surface area contributed by atoms with Crippen LogP contribution in [0.3, 0.4) is 0 Å². The monoisotopic (exact) mass is 1150 g/mol. The molecule has 2 heterocycles. The van der Waals surface area contributed by atoms with Crippen LogP contribution in [-0.2, 0) is 92.7 Å². The Kier molecular flexibility index (Phi) is 40.0. The van der Waals surface area contributed by atoms with E-state index in [0.29, 0.717) is 0 Å². The predicted octanol–water partition coefficient (Wildman–Crippen LogP) is -12.6. The van der Waals surface area contributed by atoms with Crippen LogP contribution < -0.4 is 0 Å². The van der Waals surface area contributed by atoms with Gasteiger partial charge in [-0.25, -0.2) is 25.3 Å². The minimum absolute atomic E-state index is 0.